The van der Waals surface area contributed by atoms with Crippen LogP contribution in [0.3, 0.4) is 0 Å². The van der Waals surface area contributed by atoms with E-state index in [1.165, 1.54) is 19.2 Å². The van der Waals surface area contributed by atoms with Crippen LogP contribution in [-0.2, 0) is 10.0 Å². The largest absolute Gasteiger partial charge is 0.486 e. The smallest absolute Gasteiger partial charge is 0.269 e. The molecule has 0 radical (unpaired) electrons. The third-order valence-corrected chi connectivity index (χ3v) is 5.62. The van der Waals surface area contributed by atoms with Gasteiger partial charge in [-0.25, -0.2) is 8.42 Å². The molecule has 25 heavy (non-hydrogen) atoms. The number of nitro benzene ring substituents is 1. The zero-order valence-corrected chi connectivity index (χ0v) is 14.2. The minimum absolute atomic E-state index is 0.0160. The number of benzene rings is 2. The maximum Gasteiger partial charge on any atom is 0.269 e. The predicted octanol–water partition coefficient (Wildman–Crippen LogP) is 2.06. The quantitative estimate of drug-likeness (QED) is 0.595. The van der Waals surface area contributed by atoms with Crippen molar-refractivity contribution in [2.45, 2.75) is 11.0 Å². The second kappa shape index (κ2) is 6.69. The molecule has 132 valence electrons. The van der Waals surface area contributed by atoms with Gasteiger partial charge < -0.3 is 9.47 Å². The van der Waals surface area contributed by atoms with E-state index >= 15 is 0 Å². The van der Waals surface area contributed by atoms with Crippen molar-refractivity contribution in [3.8, 4) is 11.5 Å². The molecule has 0 saturated heterocycles. The van der Waals surface area contributed by atoms with Crippen molar-refractivity contribution in [3.63, 3.8) is 0 Å². The first-order valence-electron chi connectivity index (χ1n) is 7.47. The first-order chi connectivity index (χ1) is 11.9. The molecular formula is C16H16N2O6S. The zero-order valence-electron chi connectivity index (χ0n) is 13.4. The topological polar surface area (TPSA) is 99.0 Å². The molecular weight excluding hydrogens is 348 g/mol. The van der Waals surface area contributed by atoms with E-state index in [1.807, 2.05) is 12.1 Å². The van der Waals surface area contributed by atoms with Gasteiger partial charge in [0.2, 0.25) is 10.0 Å². The van der Waals surface area contributed by atoms with Crippen molar-refractivity contribution in [1.82, 2.24) is 4.31 Å². The van der Waals surface area contributed by atoms with Crippen LogP contribution in [0.5, 0.6) is 11.5 Å². The second-order valence-electron chi connectivity index (χ2n) is 5.53. The number of likely N-dealkylation sites (N-methyl/N-ethyl adjacent to an activating group) is 1. The number of hydrogen-bond acceptors (Lipinski definition) is 6. The Morgan fingerprint density at radius 2 is 1.80 bits per heavy atom. The van der Waals surface area contributed by atoms with Crippen molar-refractivity contribution < 1.29 is 22.8 Å². The second-order valence-corrected chi connectivity index (χ2v) is 7.58. The fraction of sp³-hybridized carbons (Fsp3) is 0.250. The van der Waals surface area contributed by atoms with E-state index in [2.05, 4.69) is 0 Å². The highest BCUT2D eigenvalue weighted by molar-refractivity contribution is 7.89. The fourth-order valence-corrected chi connectivity index (χ4v) is 3.66. The Morgan fingerprint density at radius 3 is 2.44 bits per heavy atom. The van der Waals surface area contributed by atoms with Gasteiger partial charge >= 0.3 is 0 Å². The van der Waals surface area contributed by atoms with Crippen molar-refractivity contribution in [3.05, 3.63) is 58.6 Å². The third kappa shape index (κ3) is 3.57. The van der Waals surface area contributed by atoms with Crippen molar-refractivity contribution >= 4 is 15.7 Å². The summed E-state index contributed by atoms with van der Waals surface area (Å²) in [6.45, 7) is 0.324. The van der Waals surface area contributed by atoms with Crippen molar-refractivity contribution in [1.29, 1.82) is 0 Å². The number of hydrogen-bond donors (Lipinski definition) is 0. The summed E-state index contributed by atoms with van der Waals surface area (Å²) in [5.41, 5.74) is -0.165. The lowest BCUT2D eigenvalue weighted by atomic mass is 10.2. The third-order valence-electron chi connectivity index (χ3n) is 3.78. The van der Waals surface area contributed by atoms with E-state index in [9.17, 15) is 18.5 Å². The lowest BCUT2D eigenvalue weighted by molar-refractivity contribution is -0.384. The monoisotopic (exact) mass is 364 g/mol. The van der Waals surface area contributed by atoms with E-state index in [-0.39, 0.29) is 23.7 Å². The molecule has 0 N–H and O–H groups in total. The number of ether oxygens (including phenoxy) is 2. The average molecular weight is 364 g/mol. The molecule has 3 rings (SSSR count). The number of rotatable bonds is 5. The number of para-hydroxylation sites is 2. The maximum atomic E-state index is 12.6. The van der Waals surface area contributed by atoms with E-state index in [0.29, 0.717) is 11.5 Å². The molecule has 0 unspecified atom stereocenters. The molecule has 0 aliphatic carbocycles. The van der Waals surface area contributed by atoms with E-state index in [4.69, 9.17) is 9.47 Å². The summed E-state index contributed by atoms with van der Waals surface area (Å²) in [5.74, 6) is 1.19. The highest BCUT2D eigenvalue weighted by Gasteiger charge is 2.28. The lowest BCUT2D eigenvalue weighted by Gasteiger charge is -2.29. The Bertz CT molecular complexity index is 882. The molecule has 1 aliphatic heterocycles. The number of fused-ring (bicyclic) bond motifs is 1. The van der Waals surface area contributed by atoms with Gasteiger partial charge in [0.15, 0.2) is 11.5 Å². The van der Waals surface area contributed by atoms with Crippen LogP contribution in [0.1, 0.15) is 0 Å². The van der Waals surface area contributed by atoms with Gasteiger partial charge in [0.05, 0.1) is 16.4 Å². The van der Waals surface area contributed by atoms with Gasteiger partial charge in [-0.2, -0.15) is 4.31 Å². The SMILES string of the molecule is CN(C[C@@H]1COc2ccccc2O1)S(=O)(=O)c1ccc([N+](=O)[O-])cc1. The summed E-state index contributed by atoms with van der Waals surface area (Å²) in [4.78, 5) is 10.1. The normalized spacial score (nSPS) is 16.6. The minimum atomic E-state index is -3.78. The summed E-state index contributed by atoms with van der Waals surface area (Å²) < 4.78 is 37.7. The van der Waals surface area contributed by atoms with Crippen LogP contribution in [0.2, 0.25) is 0 Å². The van der Waals surface area contributed by atoms with Gasteiger partial charge in [0.1, 0.15) is 12.7 Å². The van der Waals surface area contributed by atoms with Crippen LogP contribution >= 0.6 is 0 Å². The molecule has 0 bridgehead atoms. The van der Waals surface area contributed by atoms with Crippen LogP contribution in [0.4, 0.5) is 5.69 Å². The molecule has 9 heteroatoms. The predicted molar refractivity (Wildman–Crippen MR) is 89.3 cm³/mol. The zero-order chi connectivity index (χ0) is 18.0. The molecule has 0 fully saturated rings. The molecule has 0 amide bonds. The maximum absolute atomic E-state index is 12.6. The summed E-state index contributed by atoms with van der Waals surface area (Å²) in [6, 6.07) is 11.9. The Labute approximate surface area is 144 Å². The molecule has 0 spiro atoms. The Kier molecular flexibility index (Phi) is 4.60. The van der Waals surface area contributed by atoms with E-state index in [1.54, 1.807) is 12.1 Å². The molecule has 1 heterocycles. The first-order valence-corrected chi connectivity index (χ1v) is 8.91. The summed E-state index contributed by atoms with van der Waals surface area (Å²) in [7, 11) is -2.35. The number of non-ortho nitro benzene ring substituents is 1. The number of nitro groups is 1. The molecule has 8 nitrogen and oxygen atoms in total. The molecule has 1 aliphatic rings. The number of sulfonamides is 1. The van der Waals surface area contributed by atoms with E-state index < -0.39 is 21.1 Å². The average Bonchev–Trinajstić information content (AvgIpc) is 2.61. The standard InChI is InChI=1S/C16H16N2O6S/c1-17(10-13-11-23-15-4-2-3-5-16(15)24-13)25(21,22)14-8-6-12(7-9-14)18(19)20/h2-9,13H,10-11H2,1H3/t13-/m1/s1. The number of nitrogens with zero attached hydrogens (tertiary/aromatic N) is 2. The van der Waals surface area contributed by atoms with E-state index in [0.717, 1.165) is 16.4 Å². The van der Waals surface area contributed by atoms with Gasteiger partial charge in [-0.05, 0) is 24.3 Å². The molecule has 0 aromatic heterocycles. The Morgan fingerprint density at radius 1 is 1.16 bits per heavy atom. The summed E-state index contributed by atoms with van der Waals surface area (Å²) in [6.07, 6.45) is -0.451. The van der Waals surface area contributed by atoms with Gasteiger partial charge in [-0.3, -0.25) is 10.1 Å². The van der Waals surface area contributed by atoms with Crippen LogP contribution in [0.15, 0.2) is 53.4 Å². The lowest BCUT2D eigenvalue weighted by Crippen LogP contribution is -2.41. The Hall–Kier alpha value is -2.65. The van der Waals surface area contributed by atoms with Gasteiger partial charge in [-0.15, -0.1) is 0 Å². The molecule has 2 aromatic rings. The summed E-state index contributed by atoms with van der Waals surface area (Å²) in [5, 5.41) is 10.7. The molecule has 2 aromatic carbocycles. The van der Waals surface area contributed by atoms with Gasteiger partial charge in [0.25, 0.3) is 5.69 Å². The van der Waals surface area contributed by atoms with Crippen molar-refractivity contribution in [2.24, 2.45) is 0 Å². The summed E-state index contributed by atoms with van der Waals surface area (Å²) >= 11 is 0. The van der Waals surface area contributed by atoms with Gasteiger partial charge in [-0.1, -0.05) is 12.1 Å². The minimum Gasteiger partial charge on any atom is -0.486 e. The molecule has 1 atom stereocenters. The first kappa shape index (κ1) is 17.2. The molecule has 0 saturated carbocycles. The van der Waals surface area contributed by atoms with Crippen molar-refractivity contribution in [2.75, 3.05) is 20.2 Å². The highest BCUT2D eigenvalue weighted by Crippen LogP contribution is 2.31. The fourth-order valence-electron chi connectivity index (χ4n) is 2.46. The van der Waals surface area contributed by atoms with Crippen LogP contribution < -0.4 is 9.47 Å². The van der Waals surface area contributed by atoms with Gasteiger partial charge in [0, 0.05) is 19.2 Å². The van der Waals surface area contributed by atoms with Crippen LogP contribution in [0, 0.1) is 10.1 Å². The highest BCUT2D eigenvalue weighted by atomic mass is 32.2. The van der Waals surface area contributed by atoms with Crippen LogP contribution in [0.25, 0.3) is 0 Å². The van der Waals surface area contributed by atoms with Crippen LogP contribution in [-0.4, -0.2) is 43.9 Å². The Balaban J connectivity index is 1.72.